The van der Waals surface area contributed by atoms with Gasteiger partial charge in [-0.2, -0.15) is 0 Å². The second-order valence-electron chi connectivity index (χ2n) is 5.01. The number of hydrogen-bond acceptors (Lipinski definition) is 1. The molecule has 0 amide bonds. The molecule has 0 spiro atoms. The molecular weight excluding hydrogens is 256 g/mol. The van der Waals surface area contributed by atoms with Crippen molar-refractivity contribution in [3.63, 3.8) is 0 Å². The first-order chi connectivity index (χ1) is 9.52. The Bertz CT molecular complexity index is 621. The molecule has 0 atom stereocenters. The van der Waals surface area contributed by atoms with Crippen LogP contribution in [0.1, 0.15) is 23.6 Å². The van der Waals surface area contributed by atoms with E-state index < -0.39 is 11.6 Å². The third-order valence-electron chi connectivity index (χ3n) is 3.42. The van der Waals surface area contributed by atoms with Crippen LogP contribution in [0.3, 0.4) is 0 Å². The first-order valence-corrected chi connectivity index (χ1v) is 6.79. The third kappa shape index (κ3) is 3.05. The molecule has 20 heavy (non-hydrogen) atoms. The van der Waals surface area contributed by atoms with Crippen LogP contribution in [0.5, 0.6) is 0 Å². The molecular formula is C17H19F2N. The van der Waals surface area contributed by atoms with E-state index in [2.05, 4.69) is 5.32 Å². The van der Waals surface area contributed by atoms with E-state index in [1.165, 1.54) is 0 Å². The summed E-state index contributed by atoms with van der Waals surface area (Å²) in [5.41, 5.74) is 3.81. The van der Waals surface area contributed by atoms with Crippen molar-refractivity contribution in [2.24, 2.45) is 0 Å². The van der Waals surface area contributed by atoms with Crippen molar-refractivity contribution in [2.45, 2.75) is 27.3 Å². The molecule has 0 aromatic heterocycles. The molecule has 0 fully saturated rings. The molecule has 0 heterocycles. The van der Waals surface area contributed by atoms with E-state index in [4.69, 9.17) is 0 Å². The highest BCUT2D eigenvalue weighted by molar-refractivity contribution is 5.69. The molecule has 0 unspecified atom stereocenters. The lowest BCUT2D eigenvalue weighted by Crippen LogP contribution is -2.11. The maximum Gasteiger partial charge on any atom is 0.133 e. The fraction of sp³-hybridized carbons (Fsp3) is 0.294. The lowest BCUT2D eigenvalue weighted by atomic mass is 9.96. The van der Waals surface area contributed by atoms with E-state index in [9.17, 15) is 8.78 Å². The molecule has 0 saturated heterocycles. The molecule has 0 saturated carbocycles. The van der Waals surface area contributed by atoms with Crippen molar-refractivity contribution in [1.29, 1.82) is 0 Å². The average molecular weight is 275 g/mol. The van der Waals surface area contributed by atoms with Gasteiger partial charge in [-0.05, 0) is 54.8 Å². The Kier molecular flexibility index (Phi) is 4.50. The van der Waals surface area contributed by atoms with Crippen molar-refractivity contribution in [1.82, 2.24) is 5.32 Å². The summed E-state index contributed by atoms with van der Waals surface area (Å²) in [5.74, 6) is -1.02. The minimum atomic E-state index is -0.517. The van der Waals surface area contributed by atoms with Gasteiger partial charge in [0.25, 0.3) is 0 Å². The molecule has 0 bridgehead atoms. The van der Waals surface area contributed by atoms with Crippen molar-refractivity contribution >= 4 is 0 Å². The van der Waals surface area contributed by atoms with Gasteiger partial charge in [0.15, 0.2) is 0 Å². The summed E-state index contributed by atoms with van der Waals surface area (Å²) in [5, 5.41) is 3.24. The lowest BCUT2D eigenvalue weighted by Gasteiger charge is -2.12. The Morgan fingerprint density at radius 1 is 0.900 bits per heavy atom. The quantitative estimate of drug-likeness (QED) is 0.874. The smallest absolute Gasteiger partial charge is 0.133 e. The second-order valence-corrected chi connectivity index (χ2v) is 5.01. The molecule has 2 aromatic rings. The van der Waals surface area contributed by atoms with Gasteiger partial charge in [-0.25, -0.2) is 8.78 Å². The molecule has 0 aliphatic carbocycles. The van der Waals surface area contributed by atoms with Gasteiger partial charge in [-0.15, -0.1) is 0 Å². The number of nitrogens with one attached hydrogen (secondary N) is 1. The van der Waals surface area contributed by atoms with Crippen LogP contribution in [0, 0.1) is 25.5 Å². The molecule has 0 aliphatic heterocycles. The van der Waals surface area contributed by atoms with Crippen molar-refractivity contribution in [3.8, 4) is 11.1 Å². The van der Waals surface area contributed by atoms with Gasteiger partial charge in [0.1, 0.15) is 11.6 Å². The maximum atomic E-state index is 14.0. The molecule has 2 rings (SSSR count). The molecule has 3 heteroatoms. The summed E-state index contributed by atoms with van der Waals surface area (Å²) in [6.45, 7) is 7.25. The fourth-order valence-electron chi connectivity index (χ4n) is 2.20. The first kappa shape index (κ1) is 14.7. The summed E-state index contributed by atoms with van der Waals surface area (Å²) in [4.78, 5) is 0. The summed E-state index contributed by atoms with van der Waals surface area (Å²) in [6, 6.07) is 8.49. The van der Waals surface area contributed by atoms with Crippen LogP contribution in [-0.2, 0) is 6.54 Å². The molecule has 1 nitrogen and oxygen atoms in total. The predicted molar refractivity (Wildman–Crippen MR) is 78.6 cm³/mol. The predicted octanol–water partition coefficient (Wildman–Crippen LogP) is 4.36. The van der Waals surface area contributed by atoms with Crippen LogP contribution in [0.25, 0.3) is 11.1 Å². The van der Waals surface area contributed by atoms with Gasteiger partial charge in [0, 0.05) is 18.2 Å². The number of benzene rings is 2. The van der Waals surface area contributed by atoms with Crippen LogP contribution in [0.2, 0.25) is 0 Å². The normalized spacial score (nSPS) is 10.8. The monoisotopic (exact) mass is 275 g/mol. The molecule has 0 aliphatic rings. The number of hydrogen-bond donors (Lipinski definition) is 1. The Morgan fingerprint density at radius 3 is 2.35 bits per heavy atom. The van der Waals surface area contributed by atoms with Crippen LogP contribution in [0.4, 0.5) is 8.78 Å². The Balaban J connectivity index is 2.48. The van der Waals surface area contributed by atoms with Gasteiger partial charge in [0.2, 0.25) is 0 Å². The van der Waals surface area contributed by atoms with Crippen LogP contribution >= 0.6 is 0 Å². The topological polar surface area (TPSA) is 12.0 Å². The third-order valence-corrected chi connectivity index (χ3v) is 3.42. The zero-order valence-corrected chi connectivity index (χ0v) is 12.1. The Labute approximate surface area is 118 Å². The van der Waals surface area contributed by atoms with E-state index in [0.717, 1.165) is 35.8 Å². The number of halogens is 2. The van der Waals surface area contributed by atoms with E-state index in [-0.39, 0.29) is 0 Å². The van der Waals surface area contributed by atoms with E-state index >= 15 is 0 Å². The molecule has 2 aromatic carbocycles. The van der Waals surface area contributed by atoms with Crippen LogP contribution < -0.4 is 5.32 Å². The average Bonchev–Trinajstić information content (AvgIpc) is 2.42. The van der Waals surface area contributed by atoms with E-state index in [1.807, 2.05) is 32.0 Å². The van der Waals surface area contributed by atoms with Gasteiger partial charge in [-0.1, -0.05) is 19.1 Å². The largest absolute Gasteiger partial charge is 0.313 e. The van der Waals surface area contributed by atoms with E-state index in [0.29, 0.717) is 11.1 Å². The van der Waals surface area contributed by atoms with Crippen LogP contribution in [-0.4, -0.2) is 6.54 Å². The fourth-order valence-corrected chi connectivity index (χ4v) is 2.20. The minimum Gasteiger partial charge on any atom is -0.313 e. The Morgan fingerprint density at radius 2 is 1.65 bits per heavy atom. The zero-order chi connectivity index (χ0) is 14.7. The highest BCUT2D eigenvalue weighted by Gasteiger charge is 2.12. The highest BCUT2D eigenvalue weighted by Crippen LogP contribution is 2.29. The van der Waals surface area contributed by atoms with Crippen molar-refractivity contribution in [2.75, 3.05) is 6.54 Å². The molecule has 106 valence electrons. The van der Waals surface area contributed by atoms with Gasteiger partial charge < -0.3 is 5.32 Å². The van der Waals surface area contributed by atoms with E-state index in [1.54, 1.807) is 13.0 Å². The highest BCUT2D eigenvalue weighted by atomic mass is 19.1. The minimum absolute atomic E-state index is 0.456. The summed E-state index contributed by atoms with van der Waals surface area (Å²) in [7, 11) is 0. The van der Waals surface area contributed by atoms with Gasteiger partial charge in [0.05, 0.1) is 0 Å². The van der Waals surface area contributed by atoms with Gasteiger partial charge in [-0.3, -0.25) is 0 Å². The summed E-state index contributed by atoms with van der Waals surface area (Å²) in [6.07, 6.45) is 0. The molecule has 0 radical (unpaired) electrons. The standard InChI is InChI=1S/C17H19F2N/c1-4-20-10-13-6-5-11(2)14(8-13)15-7-12(3)16(18)9-17(15)19/h5-9,20H,4,10H2,1-3H3. The number of rotatable bonds is 4. The lowest BCUT2D eigenvalue weighted by molar-refractivity contribution is 0.579. The molecule has 1 N–H and O–H groups in total. The van der Waals surface area contributed by atoms with Crippen LogP contribution in [0.15, 0.2) is 30.3 Å². The SMILES string of the molecule is CCNCc1ccc(C)c(-c2cc(C)c(F)cc2F)c1. The zero-order valence-electron chi connectivity index (χ0n) is 12.1. The summed E-state index contributed by atoms with van der Waals surface area (Å²) < 4.78 is 27.4. The summed E-state index contributed by atoms with van der Waals surface area (Å²) >= 11 is 0. The van der Waals surface area contributed by atoms with Crippen molar-refractivity contribution < 1.29 is 8.78 Å². The number of aryl methyl sites for hydroxylation is 2. The van der Waals surface area contributed by atoms with Crippen molar-refractivity contribution in [3.05, 3.63) is 58.7 Å². The Hall–Kier alpha value is -1.74. The van der Waals surface area contributed by atoms with Gasteiger partial charge >= 0.3 is 0 Å². The second kappa shape index (κ2) is 6.14. The maximum absolute atomic E-state index is 14.0. The first-order valence-electron chi connectivity index (χ1n) is 6.79.